The maximum absolute atomic E-state index is 10.6. The second-order valence-electron chi connectivity index (χ2n) is 6.92. The first-order valence-electron chi connectivity index (χ1n) is 9.34. The molecular weight excluding hydrogens is 443 g/mol. The van der Waals surface area contributed by atoms with Crippen molar-refractivity contribution in [3.63, 3.8) is 0 Å². The van der Waals surface area contributed by atoms with Crippen molar-refractivity contribution < 1.29 is 27.6 Å². The van der Waals surface area contributed by atoms with E-state index in [1.165, 1.54) is 5.56 Å². The van der Waals surface area contributed by atoms with Crippen LogP contribution in [-0.2, 0) is 11.3 Å². The molecule has 3 heterocycles. The number of aromatic nitrogens is 6. The fraction of sp³-hybridized carbons (Fsp3) is 0.200. The number of hydrogen-bond donors (Lipinski definition) is 1. The van der Waals surface area contributed by atoms with E-state index in [2.05, 4.69) is 42.5 Å². The Morgan fingerprint density at radius 2 is 1.88 bits per heavy atom. The molecule has 0 aliphatic heterocycles. The number of alkyl halides is 3. The van der Waals surface area contributed by atoms with Crippen molar-refractivity contribution in [1.29, 1.82) is 0 Å². The van der Waals surface area contributed by atoms with Crippen LogP contribution in [0.4, 0.5) is 13.2 Å². The van der Waals surface area contributed by atoms with Crippen LogP contribution in [0.3, 0.4) is 0 Å². The second kappa shape index (κ2) is 9.99. The molecule has 0 aliphatic rings. The summed E-state index contributed by atoms with van der Waals surface area (Å²) in [6, 6.07) is 11.8. The van der Waals surface area contributed by atoms with Crippen molar-refractivity contribution in [1.82, 2.24) is 35.0 Å². The smallest absolute Gasteiger partial charge is 0.475 e. The van der Waals surface area contributed by atoms with E-state index in [1.807, 2.05) is 38.4 Å². The van der Waals surface area contributed by atoms with Crippen molar-refractivity contribution in [2.75, 3.05) is 14.1 Å². The molecule has 0 radical (unpaired) electrons. The normalized spacial score (nSPS) is 11.2. The van der Waals surface area contributed by atoms with Crippen LogP contribution in [0.2, 0.25) is 0 Å². The number of nitrogens with zero attached hydrogens (tertiary/aromatic N) is 7. The summed E-state index contributed by atoms with van der Waals surface area (Å²) in [5.41, 5.74) is 3.43. The van der Waals surface area contributed by atoms with Crippen LogP contribution in [0, 0.1) is 0 Å². The third kappa shape index (κ3) is 6.43. The summed E-state index contributed by atoms with van der Waals surface area (Å²) in [6.45, 7) is 0.884. The van der Waals surface area contributed by atoms with Crippen molar-refractivity contribution >= 4 is 5.97 Å². The maximum Gasteiger partial charge on any atom is 0.490 e. The topological polar surface area (TPSA) is 123 Å². The molecule has 0 unspecified atom stereocenters. The minimum atomic E-state index is -5.08. The Kier molecular flexibility index (Phi) is 7.13. The zero-order valence-corrected chi connectivity index (χ0v) is 17.4. The first-order chi connectivity index (χ1) is 15.6. The van der Waals surface area contributed by atoms with E-state index in [1.54, 1.807) is 23.3 Å². The number of pyridine rings is 1. The molecule has 0 spiro atoms. The molecule has 1 N–H and O–H groups in total. The van der Waals surface area contributed by atoms with Crippen molar-refractivity contribution in [2.24, 2.45) is 0 Å². The van der Waals surface area contributed by atoms with E-state index in [4.69, 9.17) is 14.4 Å². The summed E-state index contributed by atoms with van der Waals surface area (Å²) < 4.78 is 38.7. The molecule has 4 rings (SSSR count). The summed E-state index contributed by atoms with van der Waals surface area (Å²) >= 11 is 0. The van der Waals surface area contributed by atoms with Crippen molar-refractivity contribution in [3.05, 3.63) is 60.6 Å². The standard InChI is InChI=1S/C18H17N7O.C2HF3O2/c1-24(2)11-13-5-7-14(8-6-13)17-20-18(26-22-17)16-12-25(23-21-16)15-4-3-9-19-10-15;3-2(4,5)1(6)7/h3-10,12H,11H2,1-2H3;(H,6,7). The number of benzene rings is 1. The number of hydrogen-bond acceptors (Lipinski definition) is 8. The van der Waals surface area contributed by atoms with Gasteiger partial charge in [0, 0.05) is 18.3 Å². The van der Waals surface area contributed by atoms with Crippen LogP contribution in [0.1, 0.15) is 5.56 Å². The lowest BCUT2D eigenvalue weighted by Crippen LogP contribution is -2.21. The Morgan fingerprint density at radius 3 is 2.45 bits per heavy atom. The van der Waals surface area contributed by atoms with E-state index in [-0.39, 0.29) is 0 Å². The summed E-state index contributed by atoms with van der Waals surface area (Å²) in [5.74, 6) is -1.91. The molecule has 33 heavy (non-hydrogen) atoms. The van der Waals surface area contributed by atoms with Crippen LogP contribution >= 0.6 is 0 Å². The molecular formula is C20H18F3N7O3. The Morgan fingerprint density at radius 1 is 1.18 bits per heavy atom. The van der Waals surface area contributed by atoms with Gasteiger partial charge in [0.05, 0.1) is 18.1 Å². The zero-order valence-electron chi connectivity index (χ0n) is 17.4. The predicted octanol–water partition coefficient (Wildman–Crippen LogP) is 3.07. The third-order valence-corrected chi connectivity index (χ3v) is 4.00. The van der Waals surface area contributed by atoms with E-state index < -0.39 is 12.1 Å². The van der Waals surface area contributed by atoms with Crippen LogP contribution in [0.5, 0.6) is 0 Å². The van der Waals surface area contributed by atoms with E-state index in [0.29, 0.717) is 17.4 Å². The quantitative estimate of drug-likeness (QED) is 0.478. The molecule has 0 fully saturated rings. The molecule has 172 valence electrons. The Balaban J connectivity index is 0.000000383. The SMILES string of the molecule is CN(C)Cc1ccc(-c2noc(-c3cn(-c4cccnc4)nn3)n2)cc1.O=C(O)C(F)(F)F. The Labute approximate surface area is 185 Å². The van der Waals surface area contributed by atoms with Crippen LogP contribution in [-0.4, -0.2) is 66.4 Å². The molecule has 0 aliphatic carbocycles. The van der Waals surface area contributed by atoms with Gasteiger partial charge in [-0.1, -0.05) is 34.6 Å². The van der Waals surface area contributed by atoms with Crippen LogP contribution in [0.25, 0.3) is 28.7 Å². The molecule has 3 aromatic heterocycles. The zero-order chi connectivity index (χ0) is 24.0. The van der Waals surface area contributed by atoms with Gasteiger partial charge in [0.15, 0.2) is 5.69 Å². The number of halogens is 3. The summed E-state index contributed by atoms with van der Waals surface area (Å²) in [5, 5.41) is 19.4. The van der Waals surface area contributed by atoms with E-state index >= 15 is 0 Å². The Bertz CT molecular complexity index is 1190. The maximum atomic E-state index is 10.6. The van der Waals surface area contributed by atoms with E-state index in [9.17, 15) is 13.2 Å². The average Bonchev–Trinajstić information content (AvgIpc) is 3.44. The fourth-order valence-corrected chi connectivity index (χ4v) is 2.55. The lowest BCUT2D eigenvalue weighted by molar-refractivity contribution is -0.192. The Hall–Kier alpha value is -4.13. The molecule has 13 heteroatoms. The number of rotatable bonds is 5. The summed E-state index contributed by atoms with van der Waals surface area (Å²) in [7, 11) is 4.08. The third-order valence-electron chi connectivity index (χ3n) is 4.00. The monoisotopic (exact) mass is 461 g/mol. The highest BCUT2D eigenvalue weighted by Crippen LogP contribution is 2.22. The van der Waals surface area contributed by atoms with E-state index in [0.717, 1.165) is 17.8 Å². The van der Waals surface area contributed by atoms with Gasteiger partial charge in [0.2, 0.25) is 5.82 Å². The lowest BCUT2D eigenvalue weighted by Gasteiger charge is -2.09. The first kappa shape index (κ1) is 23.5. The second-order valence-corrected chi connectivity index (χ2v) is 6.92. The van der Waals surface area contributed by atoms with Crippen LogP contribution in [0.15, 0.2) is 59.5 Å². The molecule has 0 bridgehead atoms. The van der Waals surface area contributed by atoms with Gasteiger partial charge in [-0.25, -0.2) is 9.48 Å². The molecule has 0 amide bonds. The highest BCUT2D eigenvalue weighted by Gasteiger charge is 2.38. The minimum Gasteiger partial charge on any atom is -0.475 e. The van der Waals surface area contributed by atoms with Gasteiger partial charge in [-0.15, -0.1) is 5.10 Å². The molecule has 0 saturated carbocycles. The first-order valence-corrected chi connectivity index (χ1v) is 9.34. The van der Waals surface area contributed by atoms with Gasteiger partial charge in [-0.3, -0.25) is 4.98 Å². The molecule has 1 aromatic carbocycles. The van der Waals surface area contributed by atoms with Gasteiger partial charge in [-0.2, -0.15) is 18.2 Å². The van der Waals surface area contributed by atoms with Crippen molar-refractivity contribution in [3.8, 4) is 28.7 Å². The van der Waals surface area contributed by atoms with Gasteiger partial charge < -0.3 is 14.5 Å². The van der Waals surface area contributed by atoms with Gasteiger partial charge >= 0.3 is 12.1 Å². The highest BCUT2D eigenvalue weighted by atomic mass is 19.4. The molecule has 4 aromatic rings. The van der Waals surface area contributed by atoms with Gasteiger partial charge in [-0.05, 0) is 31.8 Å². The number of aliphatic carboxylic acids is 1. The van der Waals surface area contributed by atoms with Crippen molar-refractivity contribution in [2.45, 2.75) is 12.7 Å². The molecule has 0 atom stereocenters. The molecule has 0 saturated heterocycles. The van der Waals surface area contributed by atoms with Crippen LogP contribution < -0.4 is 0 Å². The largest absolute Gasteiger partial charge is 0.490 e. The number of carboxylic acids is 1. The lowest BCUT2D eigenvalue weighted by atomic mass is 10.1. The minimum absolute atomic E-state index is 0.326. The average molecular weight is 461 g/mol. The van der Waals surface area contributed by atoms with Gasteiger partial charge in [0.1, 0.15) is 0 Å². The summed E-state index contributed by atoms with van der Waals surface area (Å²) in [6.07, 6.45) is 0.0525. The fourth-order valence-electron chi connectivity index (χ4n) is 2.55. The number of carbonyl (C=O) groups is 1. The van der Waals surface area contributed by atoms with Gasteiger partial charge in [0.25, 0.3) is 5.89 Å². The predicted molar refractivity (Wildman–Crippen MR) is 109 cm³/mol. The molecule has 10 nitrogen and oxygen atoms in total. The highest BCUT2D eigenvalue weighted by molar-refractivity contribution is 5.73. The number of carboxylic acid groups (broad SMARTS) is 1. The summed E-state index contributed by atoms with van der Waals surface area (Å²) in [4.78, 5) is 19.5.